The lowest BCUT2D eigenvalue weighted by Gasteiger charge is -2.26. The third-order valence-electron chi connectivity index (χ3n) is 3.47. The highest BCUT2D eigenvalue weighted by atomic mass is 16.2. The van der Waals surface area contributed by atoms with Crippen molar-refractivity contribution in [3.05, 3.63) is 30.3 Å². The largest absolute Gasteiger partial charge is 0.335 e. The predicted octanol–water partition coefficient (Wildman–Crippen LogP) is 3.08. The number of anilines is 1. The van der Waals surface area contributed by atoms with Gasteiger partial charge in [0.25, 0.3) is 0 Å². The first-order valence-electron chi connectivity index (χ1n) is 6.84. The number of imide groups is 1. The number of benzene rings is 1. The van der Waals surface area contributed by atoms with Crippen molar-refractivity contribution in [2.75, 3.05) is 4.90 Å². The molecule has 0 radical (unpaired) electrons. The molecule has 1 aromatic carbocycles. The van der Waals surface area contributed by atoms with Crippen LogP contribution in [0.15, 0.2) is 30.3 Å². The molecule has 4 nitrogen and oxygen atoms in total. The fraction of sp³-hybridized carbons (Fsp3) is 0.467. The number of nitrogens with zero attached hydrogens (tertiary/aromatic N) is 1. The number of amides is 3. The first-order valence-corrected chi connectivity index (χ1v) is 6.84. The molecule has 1 saturated carbocycles. The van der Waals surface area contributed by atoms with Crippen LogP contribution in [0.25, 0.3) is 0 Å². The van der Waals surface area contributed by atoms with Gasteiger partial charge in [-0.25, -0.2) is 9.69 Å². The standard InChI is InChI=1S/C15H20N2O2/c1-12(18)17(14-10-6-3-7-11-14)15(19)16-13-8-4-2-5-9-13/h3,6-7,10-11,13H,2,4-5,8-9H2,1H3,(H,16,19). The molecule has 0 atom stereocenters. The monoisotopic (exact) mass is 260 g/mol. The summed E-state index contributed by atoms with van der Waals surface area (Å²) in [5.41, 5.74) is 0.614. The van der Waals surface area contributed by atoms with Crippen LogP contribution in [0.4, 0.5) is 10.5 Å². The predicted molar refractivity (Wildman–Crippen MR) is 75.0 cm³/mol. The Labute approximate surface area is 113 Å². The maximum atomic E-state index is 12.2. The highest BCUT2D eigenvalue weighted by molar-refractivity contribution is 6.13. The summed E-state index contributed by atoms with van der Waals surface area (Å²) in [6.07, 6.45) is 5.55. The Balaban J connectivity index is 2.06. The van der Waals surface area contributed by atoms with Crippen molar-refractivity contribution in [3.63, 3.8) is 0 Å². The van der Waals surface area contributed by atoms with Crippen LogP contribution in [0.5, 0.6) is 0 Å². The molecule has 1 aliphatic rings. The summed E-state index contributed by atoms with van der Waals surface area (Å²) in [5.74, 6) is -0.264. The number of carbonyl (C=O) groups is 2. The van der Waals surface area contributed by atoms with E-state index in [4.69, 9.17) is 0 Å². The third kappa shape index (κ3) is 3.56. The van der Waals surface area contributed by atoms with Gasteiger partial charge in [-0.15, -0.1) is 0 Å². The van der Waals surface area contributed by atoms with Crippen LogP contribution >= 0.6 is 0 Å². The van der Waals surface area contributed by atoms with E-state index in [1.54, 1.807) is 12.1 Å². The minimum absolute atomic E-state index is 0.201. The molecule has 0 heterocycles. The number of hydrogen-bond acceptors (Lipinski definition) is 2. The number of rotatable bonds is 2. The van der Waals surface area contributed by atoms with Crippen LogP contribution in [0.3, 0.4) is 0 Å². The quantitative estimate of drug-likeness (QED) is 0.888. The van der Waals surface area contributed by atoms with Crippen LogP contribution in [-0.2, 0) is 4.79 Å². The van der Waals surface area contributed by atoms with Gasteiger partial charge in [-0.2, -0.15) is 0 Å². The summed E-state index contributed by atoms with van der Waals surface area (Å²) in [7, 11) is 0. The van der Waals surface area contributed by atoms with Crippen molar-refractivity contribution in [2.45, 2.75) is 45.1 Å². The number of nitrogens with one attached hydrogen (secondary N) is 1. The van der Waals surface area contributed by atoms with Gasteiger partial charge in [0.05, 0.1) is 5.69 Å². The molecule has 1 aromatic rings. The van der Waals surface area contributed by atoms with Gasteiger partial charge < -0.3 is 5.32 Å². The molecule has 0 aromatic heterocycles. The van der Waals surface area contributed by atoms with E-state index in [-0.39, 0.29) is 18.0 Å². The zero-order valence-electron chi connectivity index (χ0n) is 11.3. The van der Waals surface area contributed by atoms with Crippen molar-refractivity contribution >= 4 is 17.6 Å². The topological polar surface area (TPSA) is 49.4 Å². The lowest BCUT2D eigenvalue weighted by Crippen LogP contribution is -2.47. The molecule has 2 rings (SSSR count). The van der Waals surface area contributed by atoms with Gasteiger partial charge in [0.2, 0.25) is 5.91 Å². The minimum atomic E-state index is -0.314. The van der Waals surface area contributed by atoms with Gasteiger partial charge in [0.15, 0.2) is 0 Å². The average Bonchev–Trinajstić information content (AvgIpc) is 2.40. The normalized spacial score (nSPS) is 15.8. The van der Waals surface area contributed by atoms with E-state index in [0.29, 0.717) is 5.69 Å². The first kappa shape index (κ1) is 13.6. The zero-order valence-corrected chi connectivity index (χ0v) is 11.3. The molecule has 0 saturated heterocycles. The van der Waals surface area contributed by atoms with Gasteiger partial charge in [0, 0.05) is 13.0 Å². The van der Waals surface area contributed by atoms with E-state index in [1.807, 2.05) is 18.2 Å². The second-order valence-electron chi connectivity index (χ2n) is 4.97. The smallest absolute Gasteiger partial charge is 0.328 e. The molecular formula is C15H20N2O2. The van der Waals surface area contributed by atoms with Crippen LogP contribution in [-0.4, -0.2) is 18.0 Å². The summed E-state index contributed by atoms with van der Waals surface area (Å²) in [4.78, 5) is 25.1. The molecule has 3 amide bonds. The van der Waals surface area contributed by atoms with Gasteiger partial charge in [-0.1, -0.05) is 37.5 Å². The molecule has 4 heteroatoms. The van der Waals surface area contributed by atoms with Crippen LogP contribution in [0, 0.1) is 0 Å². The van der Waals surface area contributed by atoms with Gasteiger partial charge in [-0.05, 0) is 25.0 Å². The number of urea groups is 1. The Morgan fingerprint density at radius 2 is 1.74 bits per heavy atom. The van der Waals surface area contributed by atoms with Gasteiger partial charge in [0.1, 0.15) is 0 Å². The van der Waals surface area contributed by atoms with Crippen LogP contribution in [0.2, 0.25) is 0 Å². The van der Waals surface area contributed by atoms with E-state index >= 15 is 0 Å². The van der Waals surface area contributed by atoms with Crippen molar-refractivity contribution in [3.8, 4) is 0 Å². The Bertz CT molecular complexity index is 439. The molecule has 0 bridgehead atoms. The summed E-state index contributed by atoms with van der Waals surface area (Å²) < 4.78 is 0. The first-order chi connectivity index (χ1) is 9.18. The lowest BCUT2D eigenvalue weighted by molar-refractivity contribution is -0.115. The van der Waals surface area contributed by atoms with Crippen LogP contribution in [0.1, 0.15) is 39.0 Å². The third-order valence-corrected chi connectivity index (χ3v) is 3.47. The van der Waals surface area contributed by atoms with E-state index in [2.05, 4.69) is 5.32 Å². The Hall–Kier alpha value is -1.84. The molecule has 19 heavy (non-hydrogen) atoms. The second-order valence-corrected chi connectivity index (χ2v) is 4.97. The van der Waals surface area contributed by atoms with E-state index < -0.39 is 0 Å². The van der Waals surface area contributed by atoms with Crippen molar-refractivity contribution in [1.82, 2.24) is 5.32 Å². The molecule has 0 spiro atoms. The fourth-order valence-electron chi connectivity index (χ4n) is 2.51. The number of para-hydroxylation sites is 1. The van der Waals surface area contributed by atoms with Crippen molar-refractivity contribution in [1.29, 1.82) is 0 Å². The Kier molecular flexibility index (Phi) is 4.55. The van der Waals surface area contributed by atoms with Crippen molar-refractivity contribution in [2.24, 2.45) is 0 Å². The van der Waals surface area contributed by atoms with Gasteiger partial charge >= 0.3 is 6.03 Å². The highest BCUT2D eigenvalue weighted by Crippen LogP contribution is 2.19. The van der Waals surface area contributed by atoms with Crippen molar-refractivity contribution < 1.29 is 9.59 Å². The zero-order chi connectivity index (χ0) is 13.7. The highest BCUT2D eigenvalue weighted by Gasteiger charge is 2.23. The number of hydrogen-bond donors (Lipinski definition) is 1. The Morgan fingerprint density at radius 3 is 2.32 bits per heavy atom. The molecular weight excluding hydrogens is 240 g/mol. The van der Waals surface area contributed by atoms with E-state index in [0.717, 1.165) is 25.7 Å². The van der Waals surface area contributed by atoms with E-state index in [9.17, 15) is 9.59 Å². The molecule has 1 aliphatic carbocycles. The average molecular weight is 260 g/mol. The summed E-state index contributed by atoms with van der Waals surface area (Å²) >= 11 is 0. The Morgan fingerprint density at radius 1 is 1.11 bits per heavy atom. The maximum Gasteiger partial charge on any atom is 0.328 e. The van der Waals surface area contributed by atoms with Gasteiger partial charge in [-0.3, -0.25) is 4.79 Å². The molecule has 102 valence electrons. The molecule has 1 fully saturated rings. The SMILES string of the molecule is CC(=O)N(C(=O)NC1CCCCC1)c1ccccc1. The van der Waals surface area contributed by atoms with Crippen LogP contribution < -0.4 is 10.2 Å². The lowest BCUT2D eigenvalue weighted by atomic mass is 9.96. The fourth-order valence-corrected chi connectivity index (χ4v) is 2.51. The summed E-state index contributed by atoms with van der Waals surface area (Å²) in [6.45, 7) is 1.41. The summed E-state index contributed by atoms with van der Waals surface area (Å²) in [5, 5.41) is 2.96. The number of carbonyl (C=O) groups excluding carboxylic acids is 2. The molecule has 1 N–H and O–H groups in total. The molecule has 0 aliphatic heterocycles. The maximum absolute atomic E-state index is 12.2. The molecule has 0 unspecified atom stereocenters. The summed E-state index contributed by atoms with van der Waals surface area (Å²) in [6, 6.07) is 8.92. The van der Waals surface area contributed by atoms with E-state index in [1.165, 1.54) is 18.2 Å². The second kappa shape index (κ2) is 6.36. The minimum Gasteiger partial charge on any atom is -0.335 e.